The lowest BCUT2D eigenvalue weighted by atomic mass is 9.96. The smallest absolute Gasteiger partial charge is 0.328 e. The molecule has 3 aromatic carbocycles. The van der Waals surface area contributed by atoms with Crippen molar-refractivity contribution in [2.75, 3.05) is 25.7 Å². The number of hydrogen-bond acceptors (Lipinski definition) is 6. The fraction of sp³-hybridized carbons (Fsp3) is 0.310. The van der Waals surface area contributed by atoms with Gasteiger partial charge in [-0.05, 0) is 60.4 Å². The van der Waals surface area contributed by atoms with Gasteiger partial charge in [0.25, 0.3) is 5.91 Å². The number of amides is 1. The highest BCUT2D eigenvalue weighted by molar-refractivity contribution is 9.10. The highest BCUT2D eigenvalue weighted by atomic mass is 79.9. The van der Waals surface area contributed by atoms with Gasteiger partial charge in [0.1, 0.15) is 11.8 Å². The maximum atomic E-state index is 13.7. The Bertz CT molecular complexity index is 1190. The molecule has 3 atom stereocenters. The number of halogens is 1. The maximum Gasteiger partial charge on any atom is 0.328 e. The zero-order valence-electron chi connectivity index (χ0n) is 20.9. The lowest BCUT2D eigenvalue weighted by Gasteiger charge is -2.38. The third kappa shape index (κ3) is 6.14. The summed E-state index contributed by atoms with van der Waals surface area (Å²) in [7, 11) is 2.94. The Morgan fingerprint density at radius 3 is 2.32 bits per heavy atom. The summed E-state index contributed by atoms with van der Waals surface area (Å²) in [6.45, 7) is 0.823. The second kappa shape index (κ2) is 12.3. The van der Waals surface area contributed by atoms with Crippen LogP contribution in [-0.4, -0.2) is 54.8 Å². The summed E-state index contributed by atoms with van der Waals surface area (Å²) in [5, 5.41) is 11.7. The summed E-state index contributed by atoms with van der Waals surface area (Å²) >= 11 is 3.50. The molecule has 1 aliphatic heterocycles. The third-order valence-corrected chi connectivity index (χ3v) is 7.24. The predicted molar refractivity (Wildman–Crippen MR) is 145 cm³/mol. The van der Waals surface area contributed by atoms with Crippen LogP contribution in [0.3, 0.4) is 0 Å². The Morgan fingerprint density at radius 1 is 1.03 bits per heavy atom. The molecule has 1 saturated heterocycles. The zero-order valence-corrected chi connectivity index (χ0v) is 22.5. The van der Waals surface area contributed by atoms with Gasteiger partial charge in [0.2, 0.25) is 0 Å². The van der Waals surface area contributed by atoms with E-state index >= 15 is 0 Å². The molecule has 0 unspecified atom stereocenters. The van der Waals surface area contributed by atoms with Crippen LogP contribution in [0.4, 0.5) is 5.69 Å². The van der Waals surface area contributed by atoms with E-state index in [4.69, 9.17) is 9.47 Å². The van der Waals surface area contributed by atoms with Gasteiger partial charge in [-0.2, -0.15) is 0 Å². The second-order valence-electron chi connectivity index (χ2n) is 8.97. The van der Waals surface area contributed by atoms with Crippen LogP contribution in [0.1, 0.15) is 30.0 Å². The van der Waals surface area contributed by atoms with E-state index in [0.29, 0.717) is 25.9 Å². The molecule has 1 amide bonds. The third-order valence-electron chi connectivity index (χ3n) is 6.71. The molecular weight excluding hydrogens is 536 g/mol. The van der Waals surface area contributed by atoms with Gasteiger partial charge in [0.05, 0.1) is 20.3 Å². The van der Waals surface area contributed by atoms with Gasteiger partial charge < -0.3 is 24.4 Å². The van der Waals surface area contributed by atoms with Gasteiger partial charge >= 0.3 is 5.97 Å². The molecule has 194 valence electrons. The van der Waals surface area contributed by atoms with Crippen LogP contribution in [0.15, 0.2) is 83.3 Å². The Kier molecular flexibility index (Phi) is 8.84. The van der Waals surface area contributed by atoms with Crippen molar-refractivity contribution in [3.63, 3.8) is 0 Å². The molecule has 7 nitrogen and oxygen atoms in total. The SMILES string of the molecule is COC(=O)[C@H]1CCCN1C(=O)[C@H](O)[C@@H](c1ccccc1)N(Cc1ccc(OC)cc1)c1ccc(Br)cc1. The van der Waals surface area contributed by atoms with Gasteiger partial charge in [-0.15, -0.1) is 0 Å². The first-order valence-electron chi connectivity index (χ1n) is 12.2. The molecule has 0 aliphatic carbocycles. The van der Waals surface area contributed by atoms with Crippen LogP contribution < -0.4 is 9.64 Å². The monoisotopic (exact) mass is 566 g/mol. The van der Waals surface area contributed by atoms with Crippen molar-refractivity contribution < 1.29 is 24.2 Å². The molecule has 3 aromatic rings. The van der Waals surface area contributed by atoms with Gasteiger partial charge in [-0.25, -0.2) is 4.79 Å². The second-order valence-corrected chi connectivity index (χ2v) is 9.88. The largest absolute Gasteiger partial charge is 0.497 e. The molecule has 37 heavy (non-hydrogen) atoms. The van der Waals surface area contributed by atoms with E-state index in [9.17, 15) is 14.7 Å². The van der Waals surface area contributed by atoms with E-state index in [1.807, 2.05) is 83.8 Å². The Morgan fingerprint density at radius 2 is 1.70 bits per heavy atom. The first kappa shape index (κ1) is 26.7. The highest BCUT2D eigenvalue weighted by Gasteiger charge is 2.41. The minimum atomic E-state index is -1.42. The molecule has 1 aliphatic rings. The predicted octanol–water partition coefficient (Wildman–Crippen LogP) is 4.73. The number of likely N-dealkylation sites (tertiary alicyclic amines) is 1. The Labute approximate surface area is 225 Å². The summed E-state index contributed by atoms with van der Waals surface area (Å²) in [5.74, 6) is -0.201. The van der Waals surface area contributed by atoms with Crippen LogP contribution >= 0.6 is 15.9 Å². The lowest BCUT2D eigenvalue weighted by molar-refractivity contribution is -0.154. The van der Waals surface area contributed by atoms with E-state index in [2.05, 4.69) is 15.9 Å². The number of carbonyl (C=O) groups is 2. The number of benzene rings is 3. The van der Waals surface area contributed by atoms with E-state index in [0.717, 1.165) is 27.0 Å². The quantitative estimate of drug-likeness (QED) is 0.377. The van der Waals surface area contributed by atoms with Crippen molar-refractivity contribution in [3.8, 4) is 5.75 Å². The fourth-order valence-corrected chi connectivity index (χ4v) is 5.07. The molecule has 4 rings (SSSR count). The molecule has 1 N–H and O–H groups in total. The number of esters is 1. The number of aliphatic hydroxyl groups is 1. The number of hydrogen-bond donors (Lipinski definition) is 1. The molecule has 0 spiro atoms. The summed E-state index contributed by atoms with van der Waals surface area (Å²) in [5.41, 5.74) is 2.61. The van der Waals surface area contributed by atoms with Crippen LogP contribution in [0, 0.1) is 0 Å². The molecule has 0 aromatic heterocycles. The van der Waals surface area contributed by atoms with Crippen molar-refractivity contribution in [2.45, 2.75) is 37.6 Å². The number of anilines is 1. The normalized spacial score (nSPS) is 16.6. The summed E-state index contributed by atoms with van der Waals surface area (Å²) in [6.07, 6.45) is -0.227. The summed E-state index contributed by atoms with van der Waals surface area (Å²) in [4.78, 5) is 29.6. The average Bonchev–Trinajstić information content (AvgIpc) is 3.43. The van der Waals surface area contributed by atoms with Crippen LogP contribution in [0.25, 0.3) is 0 Å². The van der Waals surface area contributed by atoms with Crippen LogP contribution in [0.5, 0.6) is 5.75 Å². The first-order valence-corrected chi connectivity index (χ1v) is 13.0. The minimum Gasteiger partial charge on any atom is -0.497 e. The lowest BCUT2D eigenvalue weighted by Crippen LogP contribution is -2.50. The number of methoxy groups -OCH3 is 2. The van der Waals surface area contributed by atoms with Crippen molar-refractivity contribution in [1.82, 2.24) is 4.90 Å². The molecular formula is C29H31BrN2O5. The topological polar surface area (TPSA) is 79.3 Å². The maximum absolute atomic E-state index is 13.7. The first-order chi connectivity index (χ1) is 17.9. The molecule has 1 heterocycles. The van der Waals surface area contributed by atoms with Crippen LogP contribution in [-0.2, 0) is 20.9 Å². The summed E-state index contributed by atoms with van der Waals surface area (Å²) in [6, 6.07) is 23.6. The number of ether oxygens (including phenoxy) is 2. The molecule has 1 fully saturated rings. The van der Waals surface area contributed by atoms with Crippen molar-refractivity contribution >= 4 is 33.5 Å². The van der Waals surface area contributed by atoms with E-state index in [1.165, 1.54) is 12.0 Å². The van der Waals surface area contributed by atoms with E-state index in [-0.39, 0.29) is 0 Å². The van der Waals surface area contributed by atoms with E-state index in [1.54, 1.807) is 7.11 Å². The van der Waals surface area contributed by atoms with Gasteiger partial charge in [-0.3, -0.25) is 4.79 Å². The fourth-order valence-electron chi connectivity index (χ4n) is 4.81. The van der Waals surface area contributed by atoms with Gasteiger partial charge in [0, 0.05) is 23.2 Å². The molecule has 0 radical (unpaired) electrons. The standard InChI is InChI=1S/C29H31BrN2O5/c1-36-24-16-10-20(11-17-24)19-32(23-14-12-22(30)13-15-23)26(21-7-4-3-5-8-21)27(33)28(34)31-18-6-9-25(31)29(35)37-2/h3-5,7-8,10-17,25-27,33H,6,9,18-19H2,1-2H3/t25-,26-,27-/m1/s1. The molecule has 0 saturated carbocycles. The molecule has 0 bridgehead atoms. The number of rotatable bonds is 9. The average molecular weight is 567 g/mol. The van der Waals surface area contributed by atoms with E-state index < -0.39 is 30.1 Å². The van der Waals surface area contributed by atoms with Crippen molar-refractivity contribution in [2.24, 2.45) is 0 Å². The van der Waals surface area contributed by atoms with Gasteiger partial charge in [-0.1, -0.05) is 58.4 Å². The number of carbonyl (C=O) groups excluding carboxylic acids is 2. The van der Waals surface area contributed by atoms with Crippen LogP contribution in [0.2, 0.25) is 0 Å². The zero-order chi connectivity index (χ0) is 26.4. The Hall–Kier alpha value is -3.36. The Balaban J connectivity index is 1.75. The van der Waals surface area contributed by atoms with Gasteiger partial charge in [0.15, 0.2) is 6.10 Å². The molecule has 8 heteroatoms. The summed E-state index contributed by atoms with van der Waals surface area (Å²) < 4.78 is 11.2. The van der Waals surface area contributed by atoms with Crippen molar-refractivity contribution in [1.29, 1.82) is 0 Å². The minimum absolute atomic E-state index is 0.397. The highest BCUT2D eigenvalue weighted by Crippen LogP contribution is 2.34. The number of nitrogens with zero attached hydrogens (tertiary/aromatic N) is 2. The van der Waals surface area contributed by atoms with Crippen molar-refractivity contribution in [3.05, 3.63) is 94.5 Å². The number of aliphatic hydroxyl groups excluding tert-OH is 1.